The summed E-state index contributed by atoms with van der Waals surface area (Å²) in [4.78, 5) is 16.5. The molecule has 0 aliphatic rings. The van der Waals surface area contributed by atoms with Crippen LogP contribution < -0.4 is 10.1 Å². The number of thiazole rings is 1. The number of benzene rings is 2. The Morgan fingerprint density at radius 1 is 1.12 bits per heavy atom. The summed E-state index contributed by atoms with van der Waals surface area (Å²) in [5, 5.41) is 5.77. The van der Waals surface area contributed by atoms with E-state index in [0.29, 0.717) is 5.75 Å². The highest BCUT2D eigenvalue weighted by Gasteiger charge is 2.15. The first-order valence-corrected chi connectivity index (χ1v) is 8.54. The zero-order valence-corrected chi connectivity index (χ0v) is 14.3. The molecule has 122 valence electrons. The molecule has 1 heterocycles. The zero-order valence-electron chi connectivity index (χ0n) is 13.5. The van der Waals surface area contributed by atoms with Crippen molar-refractivity contribution in [3.8, 4) is 16.3 Å². The third-order valence-corrected chi connectivity index (χ3v) is 4.36. The molecule has 5 heteroatoms. The number of nitrogens with zero attached hydrogens (tertiary/aromatic N) is 1. The summed E-state index contributed by atoms with van der Waals surface area (Å²) in [6.45, 7) is 3.74. The van der Waals surface area contributed by atoms with Crippen molar-refractivity contribution in [2.24, 2.45) is 0 Å². The van der Waals surface area contributed by atoms with E-state index in [4.69, 9.17) is 4.74 Å². The highest BCUT2D eigenvalue weighted by molar-refractivity contribution is 7.13. The lowest BCUT2D eigenvalue weighted by Gasteiger charge is -2.15. The first-order valence-electron chi connectivity index (χ1n) is 7.66. The number of nitrogens with one attached hydrogen (secondary N) is 1. The maximum atomic E-state index is 12.3. The van der Waals surface area contributed by atoms with Gasteiger partial charge in [0.15, 0.2) is 6.10 Å². The summed E-state index contributed by atoms with van der Waals surface area (Å²) in [7, 11) is 0. The molecule has 0 bridgehead atoms. The normalized spacial score (nSPS) is 11.8. The van der Waals surface area contributed by atoms with Gasteiger partial charge in [-0.1, -0.05) is 17.7 Å². The van der Waals surface area contributed by atoms with E-state index in [1.54, 1.807) is 24.5 Å². The van der Waals surface area contributed by atoms with Crippen LogP contribution >= 0.6 is 11.3 Å². The van der Waals surface area contributed by atoms with Gasteiger partial charge in [-0.2, -0.15) is 0 Å². The van der Waals surface area contributed by atoms with Crippen molar-refractivity contribution in [1.29, 1.82) is 0 Å². The van der Waals surface area contributed by atoms with Crippen molar-refractivity contribution in [1.82, 2.24) is 4.98 Å². The minimum absolute atomic E-state index is 0.183. The van der Waals surface area contributed by atoms with Gasteiger partial charge in [0.25, 0.3) is 5.91 Å². The predicted octanol–water partition coefficient (Wildman–Crippen LogP) is 4.52. The molecule has 0 aliphatic carbocycles. The van der Waals surface area contributed by atoms with Crippen LogP contribution in [0.4, 0.5) is 5.69 Å². The summed E-state index contributed by atoms with van der Waals surface area (Å²) < 4.78 is 5.67. The molecule has 0 aliphatic heterocycles. The van der Waals surface area contributed by atoms with Gasteiger partial charge in [0.05, 0.1) is 0 Å². The van der Waals surface area contributed by atoms with Gasteiger partial charge in [0.2, 0.25) is 0 Å². The third-order valence-electron chi connectivity index (χ3n) is 3.53. The van der Waals surface area contributed by atoms with E-state index in [1.165, 1.54) is 0 Å². The van der Waals surface area contributed by atoms with Gasteiger partial charge >= 0.3 is 0 Å². The standard InChI is InChI=1S/C19H18N2O2S/c1-13-3-9-17(10-4-13)23-14(2)18(22)21-16-7-5-15(6-8-16)19-20-11-12-24-19/h3-12,14H,1-2H3,(H,21,22)/t14-/m0/s1. The van der Waals surface area contributed by atoms with Crippen LogP contribution in [0.25, 0.3) is 10.6 Å². The van der Waals surface area contributed by atoms with Crippen LogP contribution in [0.3, 0.4) is 0 Å². The SMILES string of the molecule is Cc1ccc(O[C@@H](C)C(=O)Nc2ccc(-c3nccs3)cc2)cc1. The number of carbonyl (C=O) groups excluding carboxylic acids is 1. The Morgan fingerprint density at radius 3 is 2.46 bits per heavy atom. The number of hydrogen-bond donors (Lipinski definition) is 1. The van der Waals surface area contributed by atoms with Crippen LogP contribution in [0.2, 0.25) is 0 Å². The molecule has 0 spiro atoms. The first kappa shape index (κ1) is 16.2. The molecule has 24 heavy (non-hydrogen) atoms. The number of amides is 1. The molecule has 0 saturated carbocycles. The Bertz CT molecular complexity index is 796. The second-order valence-corrected chi connectivity index (χ2v) is 6.37. The minimum atomic E-state index is -0.577. The Morgan fingerprint density at radius 2 is 1.83 bits per heavy atom. The average Bonchev–Trinajstić information content (AvgIpc) is 3.12. The highest BCUT2D eigenvalue weighted by Crippen LogP contribution is 2.23. The smallest absolute Gasteiger partial charge is 0.265 e. The van der Waals surface area contributed by atoms with Crippen molar-refractivity contribution in [3.05, 3.63) is 65.7 Å². The van der Waals surface area contributed by atoms with Gasteiger partial charge in [0, 0.05) is 22.8 Å². The number of ether oxygens (including phenoxy) is 1. The summed E-state index contributed by atoms with van der Waals surface area (Å²) in [6.07, 6.45) is 1.20. The average molecular weight is 338 g/mol. The molecule has 3 rings (SSSR count). The second-order valence-electron chi connectivity index (χ2n) is 5.48. The van der Waals surface area contributed by atoms with Crippen molar-refractivity contribution in [3.63, 3.8) is 0 Å². The van der Waals surface area contributed by atoms with E-state index in [9.17, 15) is 4.79 Å². The van der Waals surface area contributed by atoms with Crippen LogP contribution in [0.15, 0.2) is 60.1 Å². The lowest BCUT2D eigenvalue weighted by atomic mass is 10.2. The number of carbonyl (C=O) groups is 1. The maximum absolute atomic E-state index is 12.3. The molecule has 1 N–H and O–H groups in total. The van der Waals surface area contributed by atoms with Gasteiger partial charge in [-0.3, -0.25) is 4.79 Å². The molecule has 4 nitrogen and oxygen atoms in total. The van der Waals surface area contributed by atoms with Crippen molar-refractivity contribution in [2.75, 3.05) is 5.32 Å². The lowest BCUT2D eigenvalue weighted by molar-refractivity contribution is -0.122. The van der Waals surface area contributed by atoms with Crippen LogP contribution in [0.5, 0.6) is 5.75 Å². The summed E-state index contributed by atoms with van der Waals surface area (Å²) in [5.41, 5.74) is 2.92. The van der Waals surface area contributed by atoms with Crippen LogP contribution in [0, 0.1) is 6.92 Å². The lowest BCUT2D eigenvalue weighted by Crippen LogP contribution is -2.30. The first-order chi connectivity index (χ1) is 11.6. The van der Waals surface area contributed by atoms with Gasteiger partial charge in [0.1, 0.15) is 10.8 Å². The summed E-state index contributed by atoms with van der Waals surface area (Å²) in [6, 6.07) is 15.3. The summed E-state index contributed by atoms with van der Waals surface area (Å²) in [5.74, 6) is 0.500. The zero-order chi connectivity index (χ0) is 16.9. The van der Waals surface area contributed by atoms with Gasteiger partial charge in [-0.15, -0.1) is 11.3 Å². The largest absolute Gasteiger partial charge is 0.481 e. The molecular weight excluding hydrogens is 320 g/mol. The van der Waals surface area contributed by atoms with E-state index in [0.717, 1.165) is 21.8 Å². The summed E-state index contributed by atoms with van der Waals surface area (Å²) >= 11 is 1.58. The van der Waals surface area contributed by atoms with E-state index in [1.807, 2.05) is 60.8 Å². The molecule has 3 aromatic rings. The van der Waals surface area contributed by atoms with Crippen LogP contribution in [0.1, 0.15) is 12.5 Å². The fraction of sp³-hybridized carbons (Fsp3) is 0.158. The Hall–Kier alpha value is -2.66. The molecule has 1 amide bonds. The monoisotopic (exact) mass is 338 g/mol. The number of aryl methyl sites for hydroxylation is 1. The van der Waals surface area contributed by atoms with Gasteiger partial charge in [-0.25, -0.2) is 4.98 Å². The molecule has 0 unspecified atom stereocenters. The third kappa shape index (κ3) is 4.00. The number of rotatable bonds is 5. The van der Waals surface area contributed by atoms with E-state index in [2.05, 4.69) is 10.3 Å². The van der Waals surface area contributed by atoms with Crippen LogP contribution in [-0.2, 0) is 4.79 Å². The van der Waals surface area contributed by atoms with Crippen LogP contribution in [-0.4, -0.2) is 17.0 Å². The van der Waals surface area contributed by atoms with Gasteiger partial charge in [-0.05, 0) is 50.2 Å². The Balaban J connectivity index is 1.60. The molecule has 1 aromatic heterocycles. The molecule has 1 atom stereocenters. The van der Waals surface area contributed by atoms with Crippen molar-refractivity contribution < 1.29 is 9.53 Å². The topological polar surface area (TPSA) is 51.2 Å². The molecule has 0 radical (unpaired) electrons. The fourth-order valence-corrected chi connectivity index (χ4v) is 2.83. The highest BCUT2D eigenvalue weighted by atomic mass is 32.1. The minimum Gasteiger partial charge on any atom is -0.481 e. The van der Waals surface area contributed by atoms with E-state index >= 15 is 0 Å². The quantitative estimate of drug-likeness (QED) is 0.744. The van der Waals surface area contributed by atoms with Gasteiger partial charge < -0.3 is 10.1 Å². The van der Waals surface area contributed by atoms with E-state index < -0.39 is 6.10 Å². The molecule has 0 saturated heterocycles. The Labute approximate surface area is 145 Å². The fourth-order valence-electron chi connectivity index (χ4n) is 2.18. The van der Waals surface area contributed by atoms with Crippen molar-refractivity contribution in [2.45, 2.75) is 20.0 Å². The molecular formula is C19H18N2O2S. The number of aromatic nitrogens is 1. The van der Waals surface area contributed by atoms with E-state index in [-0.39, 0.29) is 5.91 Å². The maximum Gasteiger partial charge on any atom is 0.265 e. The molecule has 2 aromatic carbocycles. The van der Waals surface area contributed by atoms with Crippen molar-refractivity contribution >= 4 is 22.9 Å². The second kappa shape index (κ2) is 7.27. The number of hydrogen-bond acceptors (Lipinski definition) is 4. The molecule has 0 fully saturated rings. The predicted molar refractivity (Wildman–Crippen MR) is 97.4 cm³/mol. The number of anilines is 1. The Kier molecular flexibility index (Phi) is 4.91.